The minimum atomic E-state index is -0.252. The van der Waals surface area contributed by atoms with Crippen LogP contribution in [0, 0.1) is 19.3 Å². The number of terminal acetylenes is 1. The summed E-state index contributed by atoms with van der Waals surface area (Å²) in [5.74, 6) is 2.75. The SMILES string of the molecule is C#CCOc1ccc(Br)cc1/C=N\NC(=O)CNc1ccc(C)cc1. The highest BCUT2D eigenvalue weighted by Gasteiger charge is 2.03. The van der Waals surface area contributed by atoms with Gasteiger partial charge in [-0.15, -0.1) is 6.42 Å². The van der Waals surface area contributed by atoms with Crippen molar-refractivity contribution >= 4 is 33.7 Å². The smallest absolute Gasteiger partial charge is 0.259 e. The molecule has 0 bridgehead atoms. The van der Waals surface area contributed by atoms with Crippen molar-refractivity contribution in [3.8, 4) is 18.1 Å². The third kappa shape index (κ3) is 6.32. The molecule has 0 saturated heterocycles. The maximum absolute atomic E-state index is 11.8. The first kappa shape index (κ1) is 18.6. The van der Waals surface area contributed by atoms with Crippen molar-refractivity contribution in [3.63, 3.8) is 0 Å². The van der Waals surface area contributed by atoms with Crippen LogP contribution in [0.4, 0.5) is 5.69 Å². The van der Waals surface area contributed by atoms with Gasteiger partial charge in [-0.1, -0.05) is 39.5 Å². The third-order valence-electron chi connectivity index (χ3n) is 3.18. The summed E-state index contributed by atoms with van der Waals surface area (Å²) in [6.45, 7) is 2.29. The molecule has 0 aliphatic carbocycles. The van der Waals surface area contributed by atoms with Crippen molar-refractivity contribution in [2.45, 2.75) is 6.92 Å². The fourth-order valence-electron chi connectivity index (χ4n) is 1.94. The zero-order valence-corrected chi connectivity index (χ0v) is 15.3. The van der Waals surface area contributed by atoms with Crippen LogP contribution in [0.25, 0.3) is 0 Å². The third-order valence-corrected chi connectivity index (χ3v) is 3.67. The summed E-state index contributed by atoms with van der Waals surface area (Å²) < 4.78 is 6.31. The van der Waals surface area contributed by atoms with E-state index in [9.17, 15) is 4.79 Å². The monoisotopic (exact) mass is 399 g/mol. The second kappa shape index (κ2) is 9.50. The number of amides is 1. The van der Waals surface area contributed by atoms with E-state index in [-0.39, 0.29) is 19.1 Å². The van der Waals surface area contributed by atoms with Crippen molar-refractivity contribution < 1.29 is 9.53 Å². The molecule has 2 N–H and O–H groups in total. The van der Waals surface area contributed by atoms with E-state index in [0.29, 0.717) is 11.3 Å². The standard InChI is InChI=1S/C19H18BrN3O2/c1-3-10-25-18-9-6-16(20)11-15(18)12-22-23-19(24)13-21-17-7-4-14(2)5-8-17/h1,4-9,11-12,21H,10,13H2,2H3,(H,23,24)/b22-12-. The summed E-state index contributed by atoms with van der Waals surface area (Å²) in [4.78, 5) is 11.8. The van der Waals surface area contributed by atoms with Crippen LogP contribution in [0.5, 0.6) is 5.75 Å². The molecule has 0 heterocycles. The van der Waals surface area contributed by atoms with Gasteiger partial charge in [0.25, 0.3) is 5.91 Å². The Morgan fingerprint density at radius 1 is 1.32 bits per heavy atom. The zero-order valence-electron chi connectivity index (χ0n) is 13.8. The Morgan fingerprint density at radius 2 is 2.08 bits per heavy atom. The van der Waals surface area contributed by atoms with E-state index < -0.39 is 0 Å². The molecule has 25 heavy (non-hydrogen) atoms. The Balaban J connectivity index is 1.89. The number of nitrogens with zero attached hydrogens (tertiary/aromatic N) is 1. The number of carbonyl (C=O) groups is 1. The summed E-state index contributed by atoms with van der Waals surface area (Å²) in [7, 11) is 0. The lowest BCUT2D eigenvalue weighted by Gasteiger charge is -2.07. The number of rotatable bonds is 7. The summed E-state index contributed by atoms with van der Waals surface area (Å²) in [6, 6.07) is 13.2. The van der Waals surface area contributed by atoms with E-state index in [2.05, 4.69) is 37.7 Å². The molecule has 2 aromatic rings. The number of benzene rings is 2. The number of ether oxygens (including phenoxy) is 1. The quantitative estimate of drug-likeness (QED) is 0.426. The fraction of sp³-hybridized carbons (Fsp3) is 0.158. The number of aryl methyl sites for hydroxylation is 1. The lowest BCUT2D eigenvalue weighted by Crippen LogP contribution is -2.25. The molecule has 0 aliphatic heterocycles. The Kier molecular flexibility index (Phi) is 7.05. The largest absolute Gasteiger partial charge is 0.480 e. The van der Waals surface area contributed by atoms with Gasteiger partial charge < -0.3 is 10.1 Å². The number of halogens is 1. The van der Waals surface area contributed by atoms with Gasteiger partial charge in [0.2, 0.25) is 0 Å². The highest BCUT2D eigenvalue weighted by Crippen LogP contribution is 2.21. The van der Waals surface area contributed by atoms with Gasteiger partial charge >= 0.3 is 0 Å². The Hall–Kier alpha value is -2.78. The maximum atomic E-state index is 11.8. The van der Waals surface area contributed by atoms with Crippen LogP contribution >= 0.6 is 15.9 Å². The molecule has 0 spiro atoms. The summed E-state index contributed by atoms with van der Waals surface area (Å²) in [5, 5.41) is 6.99. The molecule has 2 rings (SSSR count). The van der Waals surface area contributed by atoms with Gasteiger partial charge in [0.05, 0.1) is 12.8 Å². The molecule has 5 nitrogen and oxygen atoms in total. The van der Waals surface area contributed by atoms with Gasteiger partial charge in [-0.25, -0.2) is 5.43 Å². The van der Waals surface area contributed by atoms with Crippen LogP contribution in [0.1, 0.15) is 11.1 Å². The van der Waals surface area contributed by atoms with Gasteiger partial charge in [-0.05, 0) is 37.3 Å². The normalized spacial score (nSPS) is 10.3. The number of anilines is 1. The van der Waals surface area contributed by atoms with Crippen LogP contribution in [0.2, 0.25) is 0 Å². The highest BCUT2D eigenvalue weighted by atomic mass is 79.9. The summed E-state index contributed by atoms with van der Waals surface area (Å²) in [6.07, 6.45) is 6.72. The molecule has 2 aromatic carbocycles. The number of carbonyl (C=O) groups excluding carboxylic acids is 1. The molecule has 0 radical (unpaired) electrons. The predicted octanol–water partition coefficient (Wildman–Crippen LogP) is 3.33. The van der Waals surface area contributed by atoms with Gasteiger partial charge in [-0.3, -0.25) is 4.79 Å². The van der Waals surface area contributed by atoms with Crippen LogP contribution in [-0.4, -0.2) is 25.3 Å². The van der Waals surface area contributed by atoms with Gasteiger partial charge in [-0.2, -0.15) is 5.10 Å². The Labute approximate surface area is 155 Å². The van der Waals surface area contributed by atoms with Crippen molar-refractivity contribution in [2.24, 2.45) is 5.10 Å². The maximum Gasteiger partial charge on any atom is 0.259 e. The predicted molar refractivity (Wildman–Crippen MR) is 104 cm³/mol. The summed E-state index contributed by atoms with van der Waals surface area (Å²) >= 11 is 3.39. The molecule has 6 heteroatoms. The first-order valence-corrected chi connectivity index (χ1v) is 8.36. The second-order valence-corrected chi connectivity index (χ2v) is 6.10. The van der Waals surface area contributed by atoms with Crippen LogP contribution < -0.4 is 15.5 Å². The molecule has 0 atom stereocenters. The van der Waals surface area contributed by atoms with Crippen molar-refractivity contribution in [1.29, 1.82) is 0 Å². The van der Waals surface area contributed by atoms with Crippen LogP contribution in [-0.2, 0) is 4.79 Å². The lowest BCUT2D eigenvalue weighted by molar-refractivity contribution is -0.119. The first-order valence-electron chi connectivity index (χ1n) is 7.57. The van der Waals surface area contributed by atoms with Crippen LogP contribution in [0.3, 0.4) is 0 Å². The number of hydrogen-bond donors (Lipinski definition) is 2. The Morgan fingerprint density at radius 3 is 2.80 bits per heavy atom. The van der Waals surface area contributed by atoms with Gasteiger partial charge in [0, 0.05) is 15.7 Å². The van der Waals surface area contributed by atoms with E-state index in [1.807, 2.05) is 43.3 Å². The van der Waals surface area contributed by atoms with E-state index in [4.69, 9.17) is 11.2 Å². The molecule has 0 saturated carbocycles. The highest BCUT2D eigenvalue weighted by molar-refractivity contribution is 9.10. The molecule has 0 aliphatic rings. The number of hydrazone groups is 1. The lowest BCUT2D eigenvalue weighted by atomic mass is 10.2. The topological polar surface area (TPSA) is 62.7 Å². The van der Waals surface area contributed by atoms with Crippen molar-refractivity contribution in [2.75, 3.05) is 18.5 Å². The first-order chi connectivity index (χ1) is 12.1. The molecule has 0 aromatic heterocycles. The Bertz CT molecular complexity index is 795. The van der Waals surface area contributed by atoms with E-state index in [1.165, 1.54) is 6.21 Å². The minimum Gasteiger partial charge on any atom is -0.480 e. The van der Waals surface area contributed by atoms with E-state index in [1.54, 1.807) is 6.07 Å². The fourth-order valence-corrected chi connectivity index (χ4v) is 2.32. The average molecular weight is 400 g/mol. The molecule has 128 valence electrons. The van der Waals surface area contributed by atoms with E-state index in [0.717, 1.165) is 15.7 Å². The molecular formula is C19H18BrN3O2. The number of nitrogens with one attached hydrogen (secondary N) is 2. The van der Waals surface area contributed by atoms with Gasteiger partial charge in [0.1, 0.15) is 12.4 Å². The second-order valence-electron chi connectivity index (χ2n) is 5.19. The van der Waals surface area contributed by atoms with Crippen molar-refractivity contribution in [3.05, 3.63) is 58.1 Å². The molecule has 0 fully saturated rings. The van der Waals surface area contributed by atoms with E-state index >= 15 is 0 Å². The molecular weight excluding hydrogens is 382 g/mol. The molecule has 1 amide bonds. The van der Waals surface area contributed by atoms with Crippen LogP contribution in [0.15, 0.2) is 52.0 Å². The van der Waals surface area contributed by atoms with Crippen molar-refractivity contribution in [1.82, 2.24) is 5.43 Å². The minimum absolute atomic E-state index is 0.124. The number of hydrogen-bond acceptors (Lipinski definition) is 4. The zero-order chi connectivity index (χ0) is 18.1. The van der Waals surface area contributed by atoms with Gasteiger partial charge in [0.15, 0.2) is 0 Å². The average Bonchev–Trinajstić information content (AvgIpc) is 2.60. The molecule has 0 unspecified atom stereocenters. The summed E-state index contributed by atoms with van der Waals surface area (Å²) in [5.41, 5.74) is 5.22.